The second kappa shape index (κ2) is 28.2. The Labute approximate surface area is 398 Å². The van der Waals surface area contributed by atoms with Crippen molar-refractivity contribution in [3.63, 3.8) is 0 Å². The van der Waals surface area contributed by atoms with Gasteiger partial charge in [0.1, 0.15) is 48.0 Å². The number of nitrogens with zero attached hydrogens (tertiary/aromatic N) is 1. The maximum Gasteiger partial charge on any atom is 0.246 e. The fraction of sp³-hybridized carbons (Fsp3) is 0.575. The number of rotatable bonds is 18. The zero-order valence-electron chi connectivity index (χ0n) is 37.1. The van der Waals surface area contributed by atoms with Crippen LogP contribution in [0.25, 0.3) is 0 Å². The molecule has 68 heavy (non-hydrogen) atoms. The molecule has 0 spiro atoms. The lowest BCUT2D eigenvalue weighted by Crippen LogP contribution is -2.61. The molecule has 2 heterocycles. The van der Waals surface area contributed by atoms with Gasteiger partial charge < -0.3 is 81.0 Å². The molecule has 0 unspecified atom stereocenters. The topological polar surface area (TPSA) is 446 Å². The molecule has 2 saturated heterocycles. The van der Waals surface area contributed by atoms with Gasteiger partial charge in [0.25, 0.3) is 0 Å². The van der Waals surface area contributed by atoms with E-state index in [0.717, 1.165) is 21.6 Å². The fourth-order valence-corrected chi connectivity index (χ4v) is 9.20. The predicted octanol–water partition coefficient (Wildman–Crippen LogP) is -6.58. The average molecular weight is 996 g/mol. The molecule has 0 radical (unpaired) electrons. The van der Waals surface area contributed by atoms with Crippen molar-refractivity contribution in [3.05, 3.63) is 29.8 Å². The summed E-state index contributed by atoms with van der Waals surface area (Å²) in [5, 5.41) is 36.9. The van der Waals surface area contributed by atoms with Crippen LogP contribution in [0.3, 0.4) is 0 Å². The summed E-state index contributed by atoms with van der Waals surface area (Å²) in [5.41, 5.74) is 28.2. The zero-order valence-corrected chi connectivity index (χ0v) is 38.7. The minimum Gasteiger partial charge on any atom is -0.508 e. The first-order valence-electron chi connectivity index (χ1n) is 21.6. The highest BCUT2D eigenvalue weighted by atomic mass is 33.1. The lowest BCUT2D eigenvalue weighted by molar-refractivity contribution is -0.142. The number of aliphatic hydroxyl groups is 1. The highest BCUT2D eigenvalue weighted by molar-refractivity contribution is 8.76. The minimum atomic E-state index is -1.80. The van der Waals surface area contributed by atoms with Crippen LogP contribution in [-0.4, -0.2) is 166 Å². The summed E-state index contributed by atoms with van der Waals surface area (Å²) in [6, 6.07) is -6.11. The van der Waals surface area contributed by atoms with E-state index in [1.165, 1.54) is 29.2 Å². The summed E-state index contributed by atoms with van der Waals surface area (Å²) < 4.78 is 0. The Balaban J connectivity index is 2.01. The second-order valence-electron chi connectivity index (χ2n) is 15.9. The molecule has 28 heteroatoms. The van der Waals surface area contributed by atoms with Gasteiger partial charge in [-0.05, 0) is 62.8 Å². The van der Waals surface area contributed by atoms with E-state index in [1.807, 2.05) is 0 Å². The van der Waals surface area contributed by atoms with Crippen LogP contribution in [0.1, 0.15) is 56.9 Å². The van der Waals surface area contributed by atoms with Crippen molar-refractivity contribution in [3.8, 4) is 5.75 Å². The number of carbonyl (C=O) groups excluding carboxylic acids is 11. The number of primary amides is 3. The molecular formula is C40H61N13O13S2. The number of nitrogens with one attached hydrogen (secondary N) is 7. The Hall–Kier alpha value is -6.23. The predicted molar refractivity (Wildman–Crippen MR) is 245 cm³/mol. The number of phenols is 1. The maximum absolute atomic E-state index is 14.4. The standard InChI is InChI=1S/C40H61N13O13S2/c41-12-2-1-4-23(34(60)46-16-32(45)58)48-39(65)29-5-3-13-53(29)40(66)28-19-68-67-18-22(42)33(59)49-25(14-20-6-8-21(55)9-7-20)36(62)51-27(17-54)38(64)47-24(10-11-30(43)56)35(61)50-26(15-31(44)57)37(63)52-28/h6-9,22-29,54-55H,1-5,10-19,41-42H2,(H2,43,56)(H2,44,57)(H2,45,58)(H,46,60)(H,47,64)(H,48,65)(H,49,59)(H,50,61)(H,51,62)(H,52,63)/t22-,23-,24-,25-,26-,27-,28-,29-/m0/s1. The molecule has 11 amide bonds. The fourth-order valence-electron chi connectivity index (χ4n) is 6.92. The smallest absolute Gasteiger partial charge is 0.246 e. The van der Waals surface area contributed by atoms with E-state index in [-0.39, 0.29) is 43.1 Å². The molecule has 0 bridgehead atoms. The number of nitrogens with two attached hydrogens (primary N) is 5. The average Bonchev–Trinajstić information content (AvgIpc) is 3.79. The van der Waals surface area contributed by atoms with Gasteiger partial charge in [0.15, 0.2) is 0 Å². The lowest BCUT2D eigenvalue weighted by Gasteiger charge is -2.31. The molecule has 19 N–H and O–H groups in total. The number of aliphatic hydroxyl groups excluding tert-OH is 1. The van der Waals surface area contributed by atoms with Crippen molar-refractivity contribution in [2.45, 2.75) is 106 Å². The molecule has 2 aliphatic rings. The molecule has 1 aromatic carbocycles. The van der Waals surface area contributed by atoms with Crippen molar-refractivity contribution in [1.29, 1.82) is 0 Å². The summed E-state index contributed by atoms with van der Waals surface area (Å²) in [5.74, 6) is -10.7. The van der Waals surface area contributed by atoms with Crippen LogP contribution in [0.5, 0.6) is 5.75 Å². The van der Waals surface area contributed by atoms with Gasteiger partial charge >= 0.3 is 0 Å². The number of phenolic OH excluding ortho intramolecular Hbond substituents is 1. The molecule has 2 fully saturated rings. The normalized spacial score (nSPS) is 23.9. The SMILES string of the molecule is NCCCC[C@H](NC(=O)[C@@H]1CCCN1C(=O)[C@@H]1CSSC[C@H](N)C(=O)N[C@@H](Cc2ccc(O)cc2)C(=O)N[C@@H](CO)C(=O)N[C@@H](CCC(N)=O)C(=O)N[C@@H](CC(N)=O)C(=O)N1)C(=O)NCC(N)=O. The highest BCUT2D eigenvalue weighted by Gasteiger charge is 2.40. The van der Waals surface area contributed by atoms with E-state index in [4.69, 9.17) is 28.7 Å². The van der Waals surface area contributed by atoms with Gasteiger partial charge in [0, 0.05) is 30.9 Å². The summed E-state index contributed by atoms with van der Waals surface area (Å²) in [6.45, 7) is -1.20. The molecule has 0 aromatic heterocycles. The number of aromatic hydroxyl groups is 1. The van der Waals surface area contributed by atoms with Gasteiger partial charge in [-0.15, -0.1) is 0 Å². The van der Waals surface area contributed by atoms with Crippen LogP contribution in [0.15, 0.2) is 24.3 Å². The molecule has 0 saturated carbocycles. The number of carbonyl (C=O) groups is 11. The van der Waals surface area contributed by atoms with E-state index >= 15 is 0 Å². The molecule has 8 atom stereocenters. The van der Waals surface area contributed by atoms with Gasteiger partial charge in [-0.25, -0.2) is 0 Å². The number of hydrogen-bond acceptors (Lipinski definition) is 17. The van der Waals surface area contributed by atoms with Crippen molar-refractivity contribution in [2.24, 2.45) is 28.7 Å². The van der Waals surface area contributed by atoms with Gasteiger partial charge in [-0.2, -0.15) is 0 Å². The first-order chi connectivity index (χ1) is 32.2. The van der Waals surface area contributed by atoms with E-state index in [0.29, 0.717) is 31.4 Å². The van der Waals surface area contributed by atoms with Gasteiger partial charge in [0.05, 0.1) is 25.6 Å². The van der Waals surface area contributed by atoms with E-state index < -0.39 is 146 Å². The summed E-state index contributed by atoms with van der Waals surface area (Å²) >= 11 is 0. The van der Waals surface area contributed by atoms with E-state index in [2.05, 4.69) is 37.2 Å². The second-order valence-corrected chi connectivity index (χ2v) is 18.5. The van der Waals surface area contributed by atoms with Gasteiger partial charge in [-0.1, -0.05) is 33.7 Å². The number of likely N-dealkylation sites (tertiary alicyclic amines) is 1. The third kappa shape index (κ3) is 18.5. The van der Waals surface area contributed by atoms with Crippen molar-refractivity contribution < 1.29 is 63.0 Å². The third-order valence-electron chi connectivity index (χ3n) is 10.5. The van der Waals surface area contributed by atoms with E-state index in [9.17, 15) is 63.0 Å². The van der Waals surface area contributed by atoms with Crippen LogP contribution in [-0.2, 0) is 59.2 Å². The molecule has 2 aliphatic heterocycles. The monoisotopic (exact) mass is 995 g/mol. The third-order valence-corrected chi connectivity index (χ3v) is 13.0. The molecule has 1 aromatic rings. The Morgan fingerprint density at radius 1 is 0.765 bits per heavy atom. The zero-order chi connectivity index (χ0) is 50.5. The van der Waals surface area contributed by atoms with Gasteiger partial charge in [0.2, 0.25) is 65.0 Å². The summed E-state index contributed by atoms with van der Waals surface area (Å²) in [6.07, 6.45) is -0.459. The van der Waals surface area contributed by atoms with Crippen molar-refractivity contribution in [1.82, 2.24) is 42.1 Å². The Morgan fingerprint density at radius 2 is 1.37 bits per heavy atom. The maximum atomic E-state index is 14.4. The molecule has 376 valence electrons. The molecular weight excluding hydrogens is 935 g/mol. The van der Waals surface area contributed by atoms with Crippen LogP contribution >= 0.6 is 21.6 Å². The number of benzene rings is 1. The van der Waals surface area contributed by atoms with Crippen LogP contribution in [0, 0.1) is 0 Å². The van der Waals surface area contributed by atoms with Crippen LogP contribution in [0.2, 0.25) is 0 Å². The van der Waals surface area contributed by atoms with E-state index in [1.54, 1.807) is 0 Å². The van der Waals surface area contributed by atoms with Crippen LogP contribution < -0.4 is 65.9 Å². The number of amides is 11. The number of unbranched alkanes of at least 4 members (excludes halogenated alkanes) is 1. The van der Waals surface area contributed by atoms with Crippen molar-refractivity contribution >= 4 is 86.6 Å². The Kier molecular flexibility index (Phi) is 23.2. The first kappa shape index (κ1) is 56.1. The first-order valence-corrected chi connectivity index (χ1v) is 24.1. The minimum absolute atomic E-state index is 0.0221. The highest BCUT2D eigenvalue weighted by Crippen LogP contribution is 2.26. The Bertz CT molecular complexity index is 2000. The molecule has 0 aliphatic carbocycles. The largest absolute Gasteiger partial charge is 0.508 e. The van der Waals surface area contributed by atoms with Crippen LogP contribution in [0.4, 0.5) is 0 Å². The summed E-state index contributed by atoms with van der Waals surface area (Å²) in [4.78, 5) is 146. The number of hydrogen-bond donors (Lipinski definition) is 14. The summed E-state index contributed by atoms with van der Waals surface area (Å²) in [7, 11) is 1.97. The molecule has 26 nitrogen and oxygen atoms in total. The quantitative estimate of drug-likeness (QED) is 0.0480. The van der Waals surface area contributed by atoms with Gasteiger partial charge in [-0.3, -0.25) is 52.7 Å². The Morgan fingerprint density at radius 3 is 2.00 bits per heavy atom. The van der Waals surface area contributed by atoms with Crippen molar-refractivity contribution in [2.75, 3.05) is 37.7 Å². The molecule has 3 rings (SSSR count). The lowest BCUT2D eigenvalue weighted by atomic mass is 10.0.